The summed E-state index contributed by atoms with van der Waals surface area (Å²) in [5.41, 5.74) is 9.90. The van der Waals surface area contributed by atoms with Crippen LogP contribution in [-0.2, 0) is 16.0 Å². The standard InChI is InChI=1S/C29H32N4O3S/c1-18-17-36-25-16-19(15-24(33-28(18)34)29(35)31-12-5-11-30)14-20-6-4-8-23(27(20)25)21-10-13-32-37-26-9-3-2-7-22(21)26/h2-4,6-10,14,16,18,24,32H,5,11-13,15,17,30H2,1H3,(H,31,35)(H,33,34)/t18?,24-/m1/s1. The second-order valence-electron chi connectivity index (χ2n) is 9.47. The third kappa shape index (κ3) is 5.51. The van der Waals surface area contributed by atoms with Crippen molar-refractivity contribution in [1.82, 2.24) is 15.4 Å². The van der Waals surface area contributed by atoms with Crippen molar-refractivity contribution in [3.05, 3.63) is 77.4 Å². The Hall–Kier alpha value is -3.33. The Bertz CT molecular complexity index is 1360. The van der Waals surface area contributed by atoms with Gasteiger partial charge in [0.15, 0.2) is 0 Å². The minimum Gasteiger partial charge on any atom is -0.492 e. The van der Waals surface area contributed by atoms with Crippen molar-refractivity contribution in [1.29, 1.82) is 0 Å². The molecule has 2 heterocycles. The zero-order valence-electron chi connectivity index (χ0n) is 20.9. The number of carbonyl (C=O) groups excluding carboxylic acids is 2. The fourth-order valence-electron chi connectivity index (χ4n) is 4.80. The molecule has 1 unspecified atom stereocenters. The van der Waals surface area contributed by atoms with Crippen molar-refractivity contribution in [2.24, 2.45) is 11.7 Å². The van der Waals surface area contributed by atoms with Gasteiger partial charge < -0.3 is 21.1 Å². The number of rotatable bonds is 5. The second-order valence-corrected chi connectivity index (χ2v) is 10.4. The van der Waals surface area contributed by atoms with Gasteiger partial charge in [-0.3, -0.25) is 14.3 Å². The van der Waals surface area contributed by atoms with E-state index < -0.39 is 12.0 Å². The molecule has 0 saturated carbocycles. The molecule has 0 radical (unpaired) electrons. The molecule has 0 fully saturated rings. The minimum atomic E-state index is -0.668. The molecule has 0 saturated heterocycles. The number of amides is 2. The quantitative estimate of drug-likeness (QED) is 0.306. The molecule has 0 aromatic heterocycles. The van der Waals surface area contributed by atoms with Crippen LogP contribution in [0.2, 0.25) is 0 Å². The van der Waals surface area contributed by atoms with E-state index in [0.717, 1.165) is 39.8 Å². The first-order chi connectivity index (χ1) is 18.0. The smallest absolute Gasteiger partial charge is 0.242 e. The van der Waals surface area contributed by atoms with Crippen LogP contribution in [0.25, 0.3) is 16.3 Å². The number of ether oxygens (including phenoxy) is 1. The van der Waals surface area contributed by atoms with E-state index in [1.807, 2.05) is 19.1 Å². The van der Waals surface area contributed by atoms with Gasteiger partial charge in [-0.2, -0.15) is 0 Å². The highest BCUT2D eigenvalue weighted by atomic mass is 32.2. The first kappa shape index (κ1) is 25.3. The minimum absolute atomic E-state index is 0.197. The SMILES string of the molecule is CC1COc2cc(cc3cccc(C4=CCNSc5ccccc54)c23)C[C@H](C(=O)NCCCN)NC1=O. The Kier molecular flexibility index (Phi) is 7.79. The molecule has 2 aliphatic heterocycles. The van der Waals surface area contributed by atoms with E-state index in [-0.39, 0.29) is 18.4 Å². The highest BCUT2D eigenvalue weighted by Crippen LogP contribution is 2.40. The third-order valence-corrected chi connectivity index (χ3v) is 7.62. The first-order valence-corrected chi connectivity index (χ1v) is 13.5. The van der Waals surface area contributed by atoms with Crippen LogP contribution in [0.3, 0.4) is 0 Å². The maximum atomic E-state index is 12.9. The van der Waals surface area contributed by atoms with E-state index in [1.54, 1.807) is 11.9 Å². The van der Waals surface area contributed by atoms with Crippen LogP contribution in [0, 0.1) is 5.92 Å². The lowest BCUT2D eigenvalue weighted by Crippen LogP contribution is -2.50. The number of hydrogen-bond acceptors (Lipinski definition) is 6. The fraction of sp³-hybridized carbons (Fsp3) is 0.310. The molecule has 7 nitrogen and oxygen atoms in total. The van der Waals surface area contributed by atoms with Crippen molar-refractivity contribution in [2.45, 2.75) is 30.7 Å². The fourth-order valence-corrected chi connectivity index (χ4v) is 5.55. The van der Waals surface area contributed by atoms with E-state index in [2.05, 4.69) is 63.9 Å². The van der Waals surface area contributed by atoms with E-state index in [1.165, 1.54) is 10.5 Å². The molecule has 0 aliphatic carbocycles. The summed E-state index contributed by atoms with van der Waals surface area (Å²) in [6, 6.07) is 18.1. The van der Waals surface area contributed by atoms with Crippen molar-refractivity contribution in [2.75, 3.05) is 26.2 Å². The molecule has 5 rings (SSSR count). The number of carbonyl (C=O) groups is 2. The zero-order valence-corrected chi connectivity index (χ0v) is 21.7. The Labute approximate surface area is 221 Å². The van der Waals surface area contributed by atoms with E-state index >= 15 is 0 Å². The van der Waals surface area contributed by atoms with Crippen LogP contribution in [-0.4, -0.2) is 44.1 Å². The molecule has 0 spiro atoms. The summed E-state index contributed by atoms with van der Waals surface area (Å²) in [4.78, 5) is 27.0. The number of nitrogens with two attached hydrogens (primary N) is 1. The number of fused-ring (bicyclic) bond motifs is 5. The van der Waals surface area contributed by atoms with Crippen LogP contribution < -0.4 is 25.8 Å². The molecule has 5 N–H and O–H groups in total. The van der Waals surface area contributed by atoms with Gasteiger partial charge in [0.2, 0.25) is 11.8 Å². The second kappa shape index (κ2) is 11.4. The Balaban J connectivity index is 1.59. The average Bonchev–Trinajstić information content (AvgIpc) is 3.13. The summed E-state index contributed by atoms with van der Waals surface area (Å²) in [5, 5.41) is 7.87. The Morgan fingerprint density at radius 3 is 2.86 bits per heavy atom. The largest absolute Gasteiger partial charge is 0.492 e. The van der Waals surface area contributed by atoms with Gasteiger partial charge in [0, 0.05) is 29.8 Å². The molecule has 2 atom stereocenters. The van der Waals surface area contributed by atoms with Gasteiger partial charge >= 0.3 is 0 Å². The van der Waals surface area contributed by atoms with E-state index in [0.29, 0.717) is 25.9 Å². The van der Waals surface area contributed by atoms with Gasteiger partial charge in [0.25, 0.3) is 0 Å². The molecule has 37 heavy (non-hydrogen) atoms. The maximum Gasteiger partial charge on any atom is 0.242 e. The number of nitrogens with one attached hydrogen (secondary N) is 3. The van der Waals surface area contributed by atoms with Crippen molar-refractivity contribution < 1.29 is 14.3 Å². The number of hydrogen-bond donors (Lipinski definition) is 4. The lowest BCUT2D eigenvalue weighted by Gasteiger charge is -2.24. The van der Waals surface area contributed by atoms with Gasteiger partial charge in [-0.25, -0.2) is 0 Å². The van der Waals surface area contributed by atoms with Crippen molar-refractivity contribution in [3.8, 4) is 5.75 Å². The van der Waals surface area contributed by atoms with Crippen LogP contribution in [0.15, 0.2) is 65.6 Å². The Morgan fingerprint density at radius 1 is 1.16 bits per heavy atom. The van der Waals surface area contributed by atoms with Crippen molar-refractivity contribution >= 4 is 40.1 Å². The van der Waals surface area contributed by atoms with Crippen LogP contribution in [0.1, 0.15) is 30.0 Å². The Morgan fingerprint density at radius 2 is 2.00 bits per heavy atom. The van der Waals surface area contributed by atoms with E-state index in [4.69, 9.17) is 10.5 Å². The van der Waals surface area contributed by atoms with Gasteiger partial charge in [-0.05, 0) is 64.7 Å². The zero-order chi connectivity index (χ0) is 25.8. The maximum absolute atomic E-state index is 12.9. The van der Waals surface area contributed by atoms with Crippen LogP contribution in [0.4, 0.5) is 0 Å². The van der Waals surface area contributed by atoms with Crippen molar-refractivity contribution in [3.63, 3.8) is 0 Å². The molecular weight excluding hydrogens is 484 g/mol. The monoisotopic (exact) mass is 516 g/mol. The number of benzene rings is 3. The van der Waals surface area contributed by atoms with Crippen LogP contribution in [0.5, 0.6) is 5.75 Å². The van der Waals surface area contributed by atoms with Gasteiger partial charge in [-0.1, -0.05) is 55.5 Å². The molecule has 3 aromatic carbocycles. The van der Waals surface area contributed by atoms with E-state index in [9.17, 15) is 9.59 Å². The highest BCUT2D eigenvalue weighted by molar-refractivity contribution is 7.97. The average molecular weight is 517 g/mol. The summed E-state index contributed by atoms with van der Waals surface area (Å²) in [7, 11) is 0. The molecular formula is C29H32N4O3S. The predicted molar refractivity (Wildman–Crippen MR) is 148 cm³/mol. The molecule has 192 valence electrons. The first-order valence-electron chi connectivity index (χ1n) is 12.7. The molecule has 8 heteroatoms. The summed E-state index contributed by atoms with van der Waals surface area (Å²) < 4.78 is 9.72. The predicted octanol–water partition coefficient (Wildman–Crippen LogP) is 3.40. The summed E-state index contributed by atoms with van der Waals surface area (Å²) in [6.45, 7) is 3.75. The highest BCUT2D eigenvalue weighted by Gasteiger charge is 2.27. The topological polar surface area (TPSA) is 105 Å². The van der Waals surface area contributed by atoms with Gasteiger partial charge in [-0.15, -0.1) is 0 Å². The normalized spacial score (nSPS) is 19.6. The van der Waals surface area contributed by atoms with Crippen LogP contribution >= 0.6 is 11.9 Å². The molecule has 2 amide bonds. The molecule has 2 bridgehead atoms. The molecule has 2 aliphatic rings. The third-order valence-electron chi connectivity index (χ3n) is 6.73. The summed E-state index contributed by atoms with van der Waals surface area (Å²) in [5.74, 6) is -0.0785. The lowest BCUT2D eigenvalue weighted by molar-refractivity contribution is -0.131. The lowest BCUT2D eigenvalue weighted by atomic mass is 9.90. The van der Waals surface area contributed by atoms with Gasteiger partial charge in [0.05, 0.1) is 12.5 Å². The summed E-state index contributed by atoms with van der Waals surface area (Å²) >= 11 is 1.64. The molecule has 3 aromatic rings. The van der Waals surface area contributed by atoms with Gasteiger partial charge in [0.1, 0.15) is 11.8 Å². The summed E-state index contributed by atoms with van der Waals surface area (Å²) in [6.07, 6.45) is 3.27.